The van der Waals surface area contributed by atoms with Crippen molar-refractivity contribution in [2.45, 2.75) is 116 Å². The molecule has 4 fully saturated rings. The molecule has 4 atom stereocenters. The average Bonchev–Trinajstić information content (AvgIpc) is 3.97. The van der Waals surface area contributed by atoms with Gasteiger partial charge in [-0.2, -0.15) is 0 Å². The molecular weight excluding hydrogens is 763 g/mol. The molecule has 306 valence electrons. The van der Waals surface area contributed by atoms with Crippen LogP contribution in [0.3, 0.4) is 0 Å². The molecular formula is C47H57N5O4S2. The molecule has 4 aromatic rings. The van der Waals surface area contributed by atoms with E-state index in [1.807, 2.05) is 22.2 Å². The molecule has 2 saturated carbocycles. The Hall–Kier alpha value is -4.22. The third-order valence-electron chi connectivity index (χ3n) is 12.2. The fraction of sp³-hybridized carbons (Fsp3) is 0.532. The molecule has 4 aliphatic rings. The minimum absolute atomic E-state index is 0.0181. The predicted molar refractivity (Wildman–Crippen MR) is 231 cm³/mol. The summed E-state index contributed by atoms with van der Waals surface area (Å²) >= 11 is 3.32. The monoisotopic (exact) mass is 819 g/mol. The molecule has 2 aromatic heterocycles. The predicted octanol–water partition coefficient (Wildman–Crippen LogP) is 9.90. The molecule has 3 amide bonds. The van der Waals surface area contributed by atoms with E-state index < -0.39 is 6.04 Å². The summed E-state index contributed by atoms with van der Waals surface area (Å²) in [4.78, 5) is 68.9. The molecule has 8 rings (SSSR count). The van der Waals surface area contributed by atoms with Gasteiger partial charge in [-0.05, 0) is 98.3 Å². The minimum atomic E-state index is -0.489. The van der Waals surface area contributed by atoms with Crippen molar-refractivity contribution >= 4 is 46.2 Å². The summed E-state index contributed by atoms with van der Waals surface area (Å²) < 4.78 is 0. The van der Waals surface area contributed by atoms with Crippen LogP contribution in [0.15, 0.2) is 60.9 Å². The number of thiazole rings is 2. The number of rotatable bonds is 16. The maximum Gasteiger partial charge on any atom is 0.245 e. The van der Waals surface area contributed by atoms with Gasteiger partial charge in [0.2, 0.25) is 17.7 Å². The van der Waals surface area contributed by atoms with E-state index in [-0.39, 0.29) is 53.3 Å². The highest BCUT2D eigenvalue weighted by atomic mass is 32.1. The molecule has 1 N–H and O–H groups in total. The third kappa shape index (κ3) is 9.31. The van der Waals surface area contributed by atoms with E-state index in [0.29, 0.717) is 31.2 Å². The van der Waals surface area contributed by atoms with E-state index in [0.717, 1.165) is 106 Å². The number of benzene rings is 2. The third-order valence-corrected chi connectivity index (χ3v) is 14.5. The van der Waals surface area contributed by atoms with Crippen molar-refractivity contribution in [3.63, 3.8) is 0 Å². The Balaban J connectivity index is 0.903. The van der Waals surface area contributed by atoms with Crippen LogP contribution in [0.4, 0.5) is 0 Å². The molecule has 0 spiro atoms. The highest BCUT2D eigenvalue weighted by Gasteiger charge is 2.40. The zero-order valence-electron chi connectivity index (χ0n) is 34.3. The number of Topliss-reactive ketones (excluding diaryl/α,β-unsaturated/α-hetero) is 1. The first-order valence-electron chi connectivity index (χ1n) is 21.6. The molecule has 2 saturated heterocycles. The molecule has 0 radical (unpaired) electrons. The van der Waals surface area contributed by atoms with Gasteiger partial charge in [-0.1, -0.05) is 76.2 Å². The normalized spacial score (nSPS) is 20.5. The van der Waals surface area contributed by atoms with Gasteiger partial charge in [0, 0.05) is 49.7 Å². The van der Waals surface area contributed by atoms with Crippen molar-refractivity contribution in [1.82, 2.24) is 25.1 Å². The fourth-order valence-electron chi connectivity index (χ4n) is 8.80. The molecule has 58 heavy (non-hydrogen) atoms. The number of nitrogens with zero attached hydrogens (tertiary/aromatic N) is 4. The van der Waals surface area contributed by atoms with Crippen LogP contribution in [0.1, 0.15) is 120 Å². The molecule has 2 aliphatic carbocycles. The van der Waals surface area contributed by atoms with Gasteiger partial charge >= 0.3 is 0 Å². The Morgan fingerprint density at radius 3 is 1.57 bits per heavy atom. The van der Waals surface area contributed by atoms with Crippen molar-refractivity contribution in [3.8, 4) is 32.0 Å². The van der Waals surface area contributed by atoms with Crippen molar-refractivity contribution in [1.29, 1.82) is 0 Å². The molecule has 0 bridgehead atoms. The van der Waals surface area contributed by atoms with Crippen molar-refractivity contribution < 1.29 is 19.2 Å². The number of carbonyl (C=O) groups is 4. The number of hydrogen-bond donors (Lipinski definition) is 1. The van der Waals surface area contributed by atoms with Crippen LogP contribution in [0.25, 0.3) is 32.0 Å². The first-order valence-corrected chi connectivity index (χ1v) is 23.2. The van der Waals surface area contributed by atoms with Crippen LogP contribution in [0.5, 0.6) is 0 Å². The first kappa shape index (κ1) is 40.6. The highest BCUT2D eigenvalue weighted by Crippen LogP contribution is 2.41. The lowest BCUT2D eigenvalue weighted by Gasteiger charge is -2.29. The van der Waals surface area contributed by atoms with E-state index in [4.69, 9.17) is 9.97 Å². The number of hydrogen-bond acceptors (Lipinski definition) is 8. The van der Waals surface area contributed by atoms with E-state index in [9.17, 15) is 19.2 Å². The van der Waals surface area contributed by atoms with Crippen LogP contribution >= 0.6 is 22.7 Å². The lowest BCUT2D eigenvalue weighted by Crippen LogP contribution is -2.49. The zero-order chi connectivity index (χ0) is 40.5. The van der Waals surface area contributed by atoms with Gasteiger partial charge in [0.05, 0.1) is 21.8 Å². The topological polar surface area (TPSA) is 113 Å². The number of carbonyl (C=O) groups excluding carboxylic acids is 4. The van der Waals surface area contributed by atoms with Gasteiger partial charge in [-0.3, -0.25) is 19.2 Å². The van der Waals surface area contributed by atoms with Gasteiger partial charge in [0.15, 0.2) is 0 Å². The fourth-order valence-corrected chi connectivity index (χ4v) is 10.9. The molecule has 0 unspecified atom stereocenters. The molecule has 11 heteroatoms. The maximum absolute atomic E-state index is 13.9. The molecule has 9 nitrogen and oxygen atoms in total. The van der Waals surface area contributed by atoms with Gasteiger partial charge in [0.1, 0.15) is 21.8 Å². The number of ketones is 1. The van der Waals surface area contributed by atoms with E-state index in [1.165, 1.54) is 0 Å². The van der Waals surface area contributed by atoms with Crippen LogP contribution in [-0.4, -0.2) is 62.4 Å². The highest BCUT2D eigenvalue weighted by molar-refractivity contribution is 7.15. The summed E-state index contributed by atoms with van der Waals surface area (Å²) in [5.41, 5.74) is 4.44. The summed E-state index contributed by atoms with van der Waals surface area (Å²) in [6, 6.07) is 16.6. The van der Waals surface area contributed by atoms with Crippen LogP contribution < -0.4 is 5.32 Å². The van der Waals surface area contributed by atoms with Crippen molar-refractivity contribution in [3.05, 3.63) is 70.9 Å². The van der Waals surface area contributed by atoms with Crippen molar-refractivity contribution in [2.24, 2.45) is 29.6 Å². The van der Waals surface area contributed by atoms with E-state index in [2.05, 4.69) is 81.5 Å². The Labute approximate surface area is 351 Å². The van der Waals surface area contributed by atoms with E-state index >= 15 is 0 Å². The second-order valence-electron chi connectivity index (χ2n) is 17.9. The Bertz CT molecular complexity index is 1950. The lowest BCUT2D eigenvalue weighted by atomic mass is 9.90. The first-order chi connectivity index (χ1) is 28.0. The summed E-state index contributed by atoms with van der Waals surface area (Å²) in [5, 5.41) is 5.01. The molecule has 2 aromatic carbocycles. The summed E-state index contributed by atoms with van der Waals surface area (Å²) in [6.45, 7) is 9.87. The minimum Gasteiger partial charge on any atom is -0.344 e. The Morgan fingerprint density at radius 1 is 0.638 bits per heavy atom. The Morgan fingerprint density at radius 2 is 1.10 bits per heavy atom. The zero-order valence-corrected chi connectivity index (χ0v) is 36.0. The van der Waals surface area contributed by atoms with E-state index in [1.54, 1.807) is 22.7 Å². The van der Waals surface area contributed by atoms with Crippen LogP contribution in [-0.2, 0) is 19.2 Å². The SMILES string of the molecule is CC(C)C[C@@H](CC(=O)C1CC1)C(=O)N1CCC[C@H]1c1ncc(-c2ccc(-c3ccc(-c4cnc([C@@H]5CCCN5C(=O)[C@@H](CC(C)C)NC(=O)C5CC5)s4)cc3)cc2)s1. The smallest absolute Gasteiger partial charge is 0.245 e. The second-order valence-corrected chi connectivity index (χ2v) is 20.0. The summed E-state index contributed by atoms with van der Waals surface area (Å²) in [6.07, 6.45) is 13.1. The van der Waals surface area contributed by atoms with Gasteiger partial charge in [-0.15, -0.1) is 22.7 Å². The number of amides is 3. The molecule has 2 aliphatic heterocycles. The number of likely N-dealkylation sites (tertiary alicyclic amines) is 2. The quantitative estimate of drug-likeness (QED) is 0.121. The number of nitrogens with one attached hydrogen (secondary N) is 1. The number of aromatic nitrogens is 2. The van der Waals surface area contributed by atoms with Crippen molar-refractivity contribution in [2.75, 3.05) is 13.1 Å². The largest absolute Gasteiger partial charge is 0.344 e. The summed E-state index contributed by atoms with van der Waals surface area (Å²) in [7, 11) is 0. The standard InChI is InChI=1S/C47H57N5O4S2/c1-28(2)23-36(25-40(53)32-13-14-32)46(55)51-21-5-7-38(51)44-48-26-41(57-44)33-15-9-30(10-16-33)31-11-17-34(18-12-31)42-27-49-45(58-42)39-8-6-22-52(39)47(56)37(24-29(3)4)50-43(54)35-19-20-35/h9-12,15-18,26-29,32,35-39H,5-8,13-14,19-25H2,1-4H3,(H,50,54)/t36-,37+,38-,39-/m0/s1. The lowest BCUT2D eigenvalue weighted by molar-refractivity contribution is -0.139. The van der Waals surface area contributed by atoms with Crippen LogP contribution in [0, 0.1) is 29.6 Å². The second kappa shape index (κ2) is 17.6. The van der Waals surface area contributed by atoms with Gasteiger partial charge in [0.25, 0.3) is 0 Å². The average molecular weight is 820 g/mol. The maximum atomic E-state index is 13.9. The Kier molecular flexibility index (Phi) is 12.3. The van der Waals surface area contributed by atoms with Gasteiger partial charge < -0.3 is 15.1 Å². The van der Waals surface area contributed by atoms with Crippen LogP contribution in [0.2, 0.25) is 0 Å². The van der Waals surface area contributed by atoms with Gasteiger partial charge in [-0.25, -0.2) is 9.97 Å². The molecule has 4 heterocycles. The summed E-state index contributed by atoms with van der Waals surface area (Å²) in [5.74, 6) is 1.09.